The molecule has 0 aromatic heterocycles. The van der Waals surface area contributed by atoms with Crippen molar-refractivity contribution in [3.05, 3.63) is 52.6 Å². The number of hydrogen-bond donors (Lipinski definition) is 4. The van der Waals surface area contributed by atoms with E-state index in [-0.39, 0.29) is 18.5 Å². The molecule has 4 amide bonds. The van der Waals surface area contributed by atoms with E-state index in [0.717, 1.165) is 11.3 Å². The van der Waals surface area contributed by atoms with E-state index in [0.29, 0.717) is 56.0 Å². The number of carbonyl (C=O) groups excluding carboxylic acids is 2. The lowest BCUT2D eigenvalue weighted by atomic mass is 10.0. The molecular weight excluding hydrogens is 472 g/mol. The summed E-state index contributed by atoms with van der Waals surface area (Å²) in [6.45, 7) is 1.75. The van der Waals surface area contributed by atoms with Crippen molar-refractivity contribution in [2.45, 2.75) is 44.3 Å². The van der Waals surface area contributed by atoms with Crippen molar-refractivity contribution in [1.29, 1.82) is 0 Å². The summed E-state index contributed by atoms with van der Waals surface area (Å²) < 4.78 is 0. The Kier molecular flexibility index (Phi) is 7.91. The highest BCUT2D eigenvalue weighted by atomic mass is 35.5. The molecule has 3 aliphatic heterocycles. The number of aliphatic carboxylic acids is 1. The highest BCUT2D eigenvalue weighted by Gasteiger charge is 2.33. The lowest BCUT2D eigenvalue weighted by Crippen LogP contribution is -2.54. The summed E-state index contributed by atoms with van der Waals surface area (Å²) in [5.74, 6) is -1.12. The maximum absolute atomic E-state index is 12.9. The largest absolute Gasteiger partial charge is 0.480 e. The number of hydrazone groups is 1. The van der Waals surface area contributed by atoms with Crippen LogP contribution < -0.4 is 16.1 Å². The number of halogens is 1. The molecule has 1 fully saturated rings. The number of allylic oxidation sites excluding steroid dienone is 2. The maximum atomic E-state index is 12.9. The van der Waals surface area contributed by atoms with E-state index in [1.165, 1.54) is 0 Å². The fraction of sp³-hybridized carbons (Fsp3) is 0.417. The van der Waals surface area contributed by atoms with Crippen LogP contribution in [0.5, 0.6) is 0 Å². The van der Waals surface area contributed by atoms with Gasteiger partial charge in [0, 0.05) is 55.5 Å². The average Bonchev–Trinajstić information content (AvgIpc) is 2.94. The molecule has 35 heavy (non-hydrogen) atoms. The van der Waals surface area contributed by atoms with Gasteiger partial charge in [-0.2, -0.15) is 5.10 Å². The number of urea groups is 2. The third kappa shape index (κ3) is 6.33. The normalized spacial score (nSPS) is 23.5. The molecule has 4 rings (SSSR count). The van der Waals surface area contributed by atoms with E-state index in [4.69, 9.17) is 11.6 Å². The number of para-hydroxylation sites is 1. The zero-order chi connectivity index (χ0) is 24.8. The van der Waals surface area contributed by atoms with Gasteiger partial charge in [0.05, 0.1) is 6.54 Å². The van der Waals surface area contributed by atoms with Gasteiger partial charge in [0.15, 0.2) is 0 Å². The van der Waals surface area contributed by atoms with Crippen LogP contribution in [0.3, 0.4) is 0 Å². The van der Waals surface area contributed by atoms with Crippen LogP contribution in [0.1, 0.15) is 31.2 Å². The summed E-state index contributed by atoms with van der Waals surface area (Å²) in [7, 11) is 0. The third-order valence-electron chi connectivity index (χ3n) is 6.35. The smallest absolute Gasteiger partial charge is 0.326 e. The molecule has 3 aliphatic rings. The van der Waals surface area contributed by atoms with Crippen LogP contribution in [-0.4, -0.2) is 70.9 Å². The number of nitrogens with zero attached hydrogens (tertiary/aromatic N) is 3. The monoisotopic (exact) mass is 500 g/mol. The number of benzene rings is 1. The summed E-state index contributed by atoms with van der Waals surface area (Å²) in [4.78, 5) is 40.8. The van der Waals surface area contributed by atoms with E-state index in [2.05, 4.69) is 21.2 Å². The second-order valence-electron chi connectivity index (χ2n) is 8.73. The number of anilines is 1. The molecule has 0 aliphatic carbocycles. The van der Waals surface area contributed by atoms with Crippen LogP contribution in [0.4, 0.5) is 15.3 Å². The Morgan fingerprint density at radius 3 is 2.80 bits per heavy atom. The van der Waals surface area contributed by atoms with Crippen LogP contribution in [0, 0.1) is 0 Å². The van der Waals surface area contributed by atoms with Gasteiger partial charge in [-0.25, -0.2) is 14.4 Å². The molecule has 1 aromatic carbocycles. The number of fused-ring (bicyclic) bond motifs is 1. The van der Waals surface area contributed by atoms with E-state index < -0.39 is 18.0 Å². The average molecular weight is 501 g/mol. The van der Waals surface area contributed by atoms with Crippen molar-refractivity contribution in [2.24, 2.45) is 5.10 Å². The number of carbonyl (C=O) groups is 3. The van der Waals surface area contributed by atoms with Crippen molar-refractivity contribution < 1.29 is 19.5 Å². The molecule has 1 atom stereocenters. The Balaban J connectivity index is 1.33. The first-order valence-corrected chi connectivity index (χ1v) is 12.0. The number of likely N-dealkylation sites (tertiary alicyclic amines) is 1. The van der Waals surface area contributed by atoms with Crippen molar-refractivity contribution in [3.8, 4) is 0 Å². The van der Waals surface area contributed by atoms with Crippen molar-refractivity contribution in [1.82, 2.24) is 20.5 Å². The van der Waals surface area contributed by atoms with Crippen LogP contribution >= 0.6 is 11.6 Å². The summed E-state index contributed by atoms with van der Waals surface area (Å²) >= 11 is 6.18. The quantitative estimate of drug-likeness (QED) is 0.494. The molecule has 1 saturated heterocycles. The molecular formula is C24H29ClN6O4. The van der Waals surface area contributed by atoms with Gasteiger partial charge in [-0.1, -0.05) is 35.9 Å². The summed E-state index contributed by atoms with van der Waals surface area (Å²) in [5, 5.41) is 19.8. The van der Waals surface area contributed by atoms with Crippen LogP contribution in [0.15, 0.2) is 52.1 Å². The molecule has 1 unspecified atom stereocenters. The number of rotatable bonds is 5. The van der Waals surface area contributed by atoms with Crippen LogP contribution in [0.25, 0.3) is 0 Å². The van der Waals surface area contributed by atoms with Gasteiger partial charge < -0.3 is 31.0 Å². The molecule has 186 valence electrons. The van der Waals surface area contributed by atoms with Crippen molar-refractivity contribution in [3.63, 3.8) is 0 Å². The Bertz CT molecular complexity index is 1060. The van der Waals surface area contributed by atoms with E-state index in [9.17, 15) is 19.5 Å². The Labute approximate surface area is 208 Å². The number of piperidine rings is 1. The predicted octanol–water partition coefficient (Wildman–Crippen LogP) is 3.08. The SMILES string of the molecule is O=C(O)C(CC1=C/C/C=N\NC/C(Cl)=C\1)NC(=O)N1CCC(N2Cc3ccccc3NC2=O)CC1. The van der Waals surface area contributed by atoms with Gasteiger partial charge in [0.25, 0.3) is 0 Å². The number of amides is 4. The molecule has 1 aromatic rings. The Morgan fingerprint density at radius 1 is 1.26 bits per heavy atom. The minimum atomic E-state index is -1.12. The fourth-order valence-electron chi connectivity index (χ4n) is 4.47. The molecule has 0 radical (unpaired) electrons. The lowest BCUT2D eigenvalue weighted by Gasteiger charge is -2.40. The highest BCUT2D eigenvalue weighted by molar-refractivity contribution is 6.30. The maximum Gasteiger partial charge on any atom is 0.326 e. The molecule has 0 spiro atoms. The van der Waals surface area contributed by atoms with Crippen LogP contribution in [-0.2, 0) is 11.3 Å². The minimum Gasteiger partial charge on any atom is -0.480 e. The van der Waals surface area contributed by atoms with Gasteiger partial charge in [-0.15, -0.1) is 0 Å². The zero-order valence-corrected chi connectivity index (χ0v) is 20.0. The van der Waals surface area contributed by atoms with Gasteiger partial charge in [0.2, 0.25) is 0 Å². The number of carboxylic acids is 1. The van der Waals surface area contributed by atoms with Crippen molar-refractivity contribution >= 4 is 41.5 Å². The number of carboxylic acid groups (broad SMARTS) is 1. The number of nitrogens with one attached hydrogen (secondary N) is 3. The van der Waals surface area contributed by atoms with Gasteiger partial charge in [-0.05, 0) is 36.1 Å². The third-order valence-corrected chi connectivity index (χ3v) is 6.59. The first-order chi connectivity index (χ1) is 16.9. The molecule has 0 bridgehead atoms. The lowest BCUT2D eigenvalue weighted by molar-refractivity contribution is -0.139. The predicted molar refractivity (Wildman–Crippen MR) is 133 cm³/mol. The second-order valence-corrected chi connectivity index (χ2v) is 9.22. The van der Waals surface area contributed by atoms with Crippen molar-refractivity contribution in [2.75, 3.05) is 25.0 Å². The summed E-state index contributed by atoms with van der Waals surface area (Å²) in [6, 6.07) is 6.08. The van der Waals surface area contributed by atoms with Gasteiger partial charge >= 0.3 is 18.0 Å². The minimum absolute atomic E-state index is 0.00856. The summed E-state index contributed by atoms with van der Waals surface area (Å²) in [5.41, 5.74) is 5.41. The number of hydrogen-bond acceptors (Lipinski definition) is 5. The van der Waals surface area contributed by atoms with E-state index >= 15 is 0 Å². The molecule has 4 N–H and O–H groups in total. The molecule has 10 nitrogen and oxygen atoms in total. The first-order valence-electron chi connectivity index (χ1n) is 11.6. The van der Waals surface area contributed by atoms with Gasteiger partial charge in [-0.3, -0.25) is 0 Å². The fourth-order valence-corrected chi connectivity index (χ4v) is 4.67. The summed E-state index contributed by atoms with van der Waals surface area (Å²) in [6.07, 6.45) is 7.09. The molecule has 0 saturated carbocycles. The zero-order valence-electron chi connectivity index (χ0n) is 19.2. The van der Waals surface area contributed by atoms with Gasteiger partial charge in [0.1, 0.15) is 6.04 Å². The topological polar surface area (TPSA) is 126 Å². The second kappa shape index (κ2) is 11.3. The highest BCUT2D eigenvalue weighted by Crippen LogP contribution is 2.27. The van der Waals surface area contributed by atoms with Crippen LogP contribution in [0.2, 0.25) is 0 Å². The van der Waals surface area contributed by atoms with E-state index in [1.807, 2.05) is 35.2 Å². The Hall–Kier alpha value is -3.53. The first kappa shape index (κ1) is 24.6. The standard InChI is InChI=1S/C24H29ClN6O4/c25-18-12-16(4-3-9-26-27-14-18)13-21(22(32)33)29-23(34)30-10-7-19(8-11-30)31-15-17-5-1-2-6-20(17)28-24(31)35/h1-2,4-6,9,12,19,21,27H,3,7-8,10-11,13-15H2,(H,28,35)(H,29,34)(H,32,33)/b16-4+,18-12+,26-9-. The Morgan fingerprint density at radius 2 is 2.03 bits per heavy atom. The molecule has 11 heteroatoms. The molecule has 3 heterocycles. The van der Waals surface area contributed by atoms with E-state index in [1.54, 1.807) is 17.2 Å².